The summed E-state index contributed by atoms with van der Waals surface area (Å²) in [5, 5.41) is 19.5. The number of amides is 10. The number of nitrogens with zero attached hydrogens (tertiary/aromatic N) is 4. The average Bonchev–Trinajstić information content (AvgIpc) is 4.28. The summed E-state index contributed by atoms with van der Waals surface area (Å²) in [4.78, 5) is 155. The zero-order valence-corrected chi connectivity index (χ0v) is 42.8. The van der Waals surface area contributed by atoms with Crippen molar-refractivity contribution in [3.8, 4) is 0 Å². The maximum Gasteiger partial charge on any atom is 0.247 e. The first kappa shape index (κ1) is 56.1. The lowest BCUT2D eigenvalue weighted by atomic mass is 10.0. The minimum atomic E-state index is -1.62. The van der Waals surface area contributed by atoms with Crippen LogP contribution in [0.2, 0.25) is 0 Å². The smallest absolute Gasteiger partial charge is 0.247 e. The summed E-state index contributed by atoms with van der Waals surface area (Å²) in [6, 6.07) is 5.13. The van der Waals surface area contributed by atoms with Crippen molar-refractivity contribution >= 4 is 82.1 Å². The monoisotopic (exact) mass is 1060 g/mol. The first-order chi connectivity index (χ1) is 36.9. The van der Waals surface area contributed by atoms with E-state index < -0.39 is 120 Å². The molecule has 3 saturated heterocycles. The summed E-state index contributed by atoms with van der Waals surface area (Å²) in [6.45, 7) is 0.859. The number of likely N-dealkylation sites (tertiary alicyclic amines) is 2. The number of H-pyrrole nitrogens is 1. The van der Waals surface area contributed by atoms with Crippen molar-refractivity contribution in [2.75, 3.05) is 26.2 Å². The predicted molar refractivity (Wildman–Crippen MR) is 281 cm³/mol. The number of fused-ring (bicyclic) bond motifs is 1. The fourth-order valence-corrected chi connectivity index (χ4v) is 10.0. The number of aliphatic imine (C=N–C) groups is 2. The van der Waals surface area contributed by atoms with Crippen LogP contribution in [0.1, 0.15) is 75.8 Å². The van der Waals surface area contributed by atoms with Crippen LogP contribution < -0.4 is 54.4 Å². The van der Waals surface area contributed by atoms with Gasteiger partial charge in [-0.25, -0.2) is 0 Å². The van der Waals surface area contributed by atoms with E-state index in [-0.39, 0.29) is 64.1 Å². The number of allylic oxidation sites excluding steroid dienone is 1. The zero-order valence-electron chi connectivity index (χ0n) is 42.8. The average molecular weight is 1060 g/mol. The highest BCUT2D eigenvalue weighted by atomic mass is 16.2. The van der Waals surface area contributed by atoms with Crippen molar-refractivity contribution in [1.82, 2.24) is 52.0 Å². The van der Waals surface area contributed by atoms with Gasteiger partial charge in [-0.1, -0.05) is 54.6 Å². The molecule has 0 unspecified atom stereocenters. The summed E-state index contributed by atoms with van der Waals surface area (Å²) in [5.41, 5.74) is 19.2. The normalized spacial score (nSPS) is 24.9. The highest BCUT2D eigenvalue weighted by molar-refractivity contribution is 6.00. The molecule has 1 aromatic heterocycles. The predicted octanol–water partition coefficient (Wildman–Crippen LogP) is -2.33. The minimum Gasteiger partial charge on any atom is -0.370 e. The molecule has 3 fully saturated rings. The van der Waals surface area contributed by atoms with Crippen molar-refractivity contribution in [2.24, 2.45) is 27.2 Å². The van der Waals surface area contributed by atoms with Crippen molar-refractivity contribution in [1.29, 1.82) is 0 Å². The fourth-order valence-electron chi connectivity index (χ4n) is 10.0. The number of nitrogens with two attached hydrogens (primary N) is 3. The van der Waals surface area contributed by atoms with Crippen molar-refractivity contribution < 1.29 is 47.9 Å². The van der Waals surface area contributed by atoms with Gasteiger partial charge >= 0.3 is 0 Å². The topological polar surface area (TPSA) is 380 Å². The van der Waals surface area contributed by atoms with E-state index in [9.17, 15) is 47.9 Å². The highest BCUT2D eigenvalue weighted by Crippen LogP contribution is 2.26. The van der Waals surface area contributed by atoms with Crippen LogP contribution in [0.4, 0.5) is 0 Å². The third-order valence-corrected chi connectivity index (χ3v) is 13.9. The number of rotatable bonds is 14. The van der Waals surface area contributed by atoms with Gasteiger partial charge in [-0.05, 0) is 55.7 Å². The summed E-state index contributed by atoms with van der Waals surface area (Å²) in [5.74, 6) is -8.10. The van der Waals surface area contributed by atoms with Gasteiger partial charge in [0.25, 0.3) is 0 Å². The molecular formula is C52H67N15O10. The van der Waals surface area contributed by atoms with E-state index in [0.29, 0.717) is 47.9 Å². The number of guanidine groups is 1. The lowest BCUT2D eigenvalue weighted by molar-refractivity contribution is -0.147. The van der Waals surface area contributed by atoms with E-state index in [1.54, 1.807) is 54.9 Å². The number of aromatic nitrogens is 1. The number of hydrogen-bond donors (Lipinski definition) is 11. The molecule has 0 bridgehead atoms. The van der Waals surface area contributed by atoms with Crippen LogP contribution >= 0.6 is 0 Å². The number of primary amides is 1. The van der Waals surface area contributed by atoms with Crippen LogP contribution in [0, 0.1) is 0 Å². The maximum atomic E-state index is 15.0. The fraction of sp³-hybridized carbons (Fsp3) is 0.462. The number of nitrogens with one attached hydrogen (secondary N) is 8. The number of carbonyl (C=O) groups is 10. The van der Waals surface area contributed by atoms with Crippen LogP contribution in [0.3, 0.4) is 0 Å². The van der Waals surface area contributed by atoms with E-state index in [2.05, 4.69) is 52.2 Å². The van der Waals surface area contributed by atoms with Crippen molar-refractivity contribution in [2.45, 2.75) is 126 Å². The van der Waals surface area contributed by atoms with Gasteiger partial charge in [0.2, 0.25) is 59.1 Å². The van der Waals surface area contributed by atoms with Gasteiger partial charge in [0.1, 0.15) is 48.3 Å². The molecule has 25 nitrogen and oxygen atoms in total. The van der Waals surface area contributed by atoms with Crippen LogP contribution in [0.15, 0.2) is 82.6 Å². The van der Waals surface area contributed by atoms with Gasteiger partial charge in [0.15, 0.2) is 5.96 Å². The Bertz CT molecular complexity index is 2810. The molecule has 0 spiro atoms. The molecule has 0 radical (unpaired) electrons. The molecular weight excluding hydrogens is 995 g/mol. The summed E-state index contributed by atoms with van der Waals surface area (Å²) in [7, 11) is 0. The summed E-state index contributed by atoms with van der Waals surface area (Å²) < 4.78 is 0. The van der Waals surface area contributed by atoms with Crippen molar-refractivity contribution in [3.63, 3.8) is 0 Å². The van der Waals surface area contributed by atoms with E-state index in [0.717, 1.165) is 12.4 Å². The van der Waals surface area contributed by atoms with Gasteiger partial charge < -0.3 is 69.2 Å². The van der Waals surface area contributed by atoms with E-state index >= 15 is 0 Å². The molecule has 0 aliphatic carbocycles. The zero-order chi connectivity index (χ0) is 55.2. The molecule has 7 rings (SSSR count). The lowest BCUT2D eigenvalue weighted by Crippen LogP contribution is -2.62. The van der Waals surface area contributed by atoms with Gasteiger partial charge in [0, 0.05) is 87.8 Å². The standard InChI is InChI=1S/C52H67N15O10/c1-29(68)60-39-26-43(69)59-28-40(50(76)67-22-10-18-42(67)51(77)66-21-9-17-41(66)44(53)70)65-47(73)37(24-31-27-58-34-15-6-5-14-33(31)34)63-45(71)35(16-8-20-57-52(54)55)61-46(72)36(23-30-11-3-2-4-12-30)62-48(74)38(64-49(39)75)25-32-13-7-19-56-32/h2-6,11-15,19,27,35-42,58H,7-10,16-18,20-26,28H2,1H3,(H2,53,70)(H,59,69)(H,60,68)(H,61,72)(H,62,74)(H,63,71)(H,64,75)(H,65,73)(H4,54,55,57)/t35-,36+,37-,38-,39-,40-,41-,42-/m0/s1. The van der Waals surface area contributed by atoms with E-state index in [1.807, 2.05) is 18.2 Å². The number of hydrogen-bond acceptors (Lipinski definition) is 12. The third-order valence-electron chi connectivity index (χ3n) is 13.9. The number of para-hydroxylation sites is 1. The van der Waals surface area contributed by atoms with Crippen LogP contribution in [0.5, 0.6) is 0 Å². The summed E-state index contributed by atoms with van der Waals surface area (Å²) in [6.07, 6.45) is 5.85. The van der Waals surface area contributed by atoms with Crippen LogP contribution in [-0.4, -0.2) is 161 Å². The molecule has 14 N–H and O–H groups in total. The molecule has 8 atom stereocenters. The lowest BCUT2D eigenvalue weighted by Gasteiger charge is -2.33. The molecule has 2 aromatic carbocycles. The second kappa shape index (κ2) is 26.2. The Kier molecular flexibility index (Phi) is 19.1. The van der Waals surface area contributed by atoms with E-state index in [1.165, 1.54) is 9.80 Å². The van der Waals surface area contributed by atoms with Crippen LogP contribution in [0.25, 0.3) is 10.9 Å². The molecule has 4 aliphatic rings. The number of benzene rings is 2. The second-order valence-corrected chi connectivity index (χ2v) is 19.5. The summed E-state index contributed by atoms with van der Waals surface area (Å²) >= 11 is 0. The third kappa shape index (κ3) is 15.0. The molecule has 10 amide bonds. The molecule has 410 valence electrons. The van der Waals surface area contributed by atoms with Gasteiger partial charge in [-0.3, -0.25) is 57.9 Å². The van der Waals surface area contributed by atoms with Gasteiger partial charge in [-0.2, -0.15) is 0 Å². The Morgan fingerprint density at radius 3 is 2.00 bits per heavy atom. The van der Waals surface area contributed by atoms with Gasteiger partial charge in [0.05, 0.1) is 6.42 Å². The van der Waals surface area contributed by atoms with Crippen LogP contribution in [-0.2, 0) is 60.8 Å². The maximum absolute atomic E-state index is 15.0. The Morgan fingerprint density at radius 1 is 0.714 bits per heavy atom. The first-order valence-corrected chi connectivity index (χ1v) is 25.8. The largest absolute Gasteiger partial charge is 0.370 e. The highest BCUT2D eigenvalue weighted by Gasteiger charge is 2.44. The molecule has 77 heavy (non-hydrogen) atoms. The Balaban J connectivity index is 1.29. The molecule has 5 heterocycles. The van der Waals surface area contributed by atoms with Gasteiger partial charge in [-0.15, -0.1) is 0 Å². The SMILES string of the molecule is CC(=O)N[C@H]1CC(=O)NC[C@@H](C(=O)N2CCC[C@H]2C(=O)N2CCC[C@H]2C(N)=O)NC(=O)[C@H](Cc2c[nH]c3ccccc23)NC(=O)[C@H](CCCN=C(N)N)NC(=O)[C@@H](Cc2ccccc2)NC(=O)[C@H](CC2=CCC=N2)NC1=O. The Hall–Kier alpha value is -8.64. The quantitative estimate of drug-likeness (QED) is 0.0460. The first-order valence-electron chi connectivity index (χ1n) is 25.8. The Labute approximate surface area is 443 Å². The minimum absolute atomic E-state index is 0.0427. The molecule has 25 heteroatoms. The number of carbonyl (C=O) groups excluding carboxylic acids is 10. The molecule has 0 saturated carbocycles. The molecule has 3 aromatic rings. The van der Waals surface area contributed by atoms with Crippen molar-refractivity contribution in [3.05, 3.63) is 83.7 Å². The Morgan fingerprint density at radius 2 is 1.32 bits per heavy atom. The van der Waals surface area contributed by atoms with E-state index in [4.69, 9.17) is 17.2 Å². The second-order valence-electron chi connectivity index (χ2n) is 19.5. The number of aromatic amines is 1. The molecule has 4 aliphatic heterocycles.